The topological polar surface area (TPSA) is 73.8 Å². The van der Waals surface area contributed by atoms with Crippen molar-refractivity contribution < 1.29 is 14.6 Å². The minimum absolute atomic E-state index is 0.0714. The number of ether oxygens (including phenoxy) is 1. The summed E-state index contributed by atoms with van der Waals surface area (Å²) in [5.41, 5.74) is 9.65. The SMILES string of the molecule is CCCCCOc1ccc(C2C3C(NNC3c3ccccc3O)C(=O)N2CCc2ccccc2)cc1. The second-order valence-corrected chi connectivity index (χ2v) is 9.72. The molecule has 2 heterocycles. The molecule has 0 aromatic heterocycles. The number of phenols is 1. The van der Waals surface area contributed by atoms with Crippen molar-refractivity contribution in [1.29, 1.82) is 0 Å². The number of hydrogen-bond donors (Lipinski definition) is 3. The first-order valence-corrected chi connectivity index (χ1v) is 13.0. The number of hydrazine groups is 1. The fraction of sp³-hybridized carbons (Fsp3) is 0.367. The van der Waals surface area contributed by atoms with Crippen LogP contribution >= 0.6 is 0 Å². The van der Waals surface area contributed by atoms with Gasteiger partial charge in [0.1, 0.15) is 17.5 Å². The first kappa shape index (κ1) is 24.3. The van der Waals surface area contributed by atoms with Gasteiger partial charge in [-0.15, -0.1) is 0 Å². The van der Waals surface area contributed by atoms with E-state index in [9.17, 15) is 9.90 Å². The normalized spacial score (nSPS) is 23.1. The molecule has 188 valence electrons. The van der Waals surface area contributed by atoms with Gasteiger partial charge in [-0.3, -0.25) is 4.79 Å². The Hall–Kier alpha value is -3.35. The van der Waals surface area contributed by atoms with Crippen LogP contribution < -0.4 is 15.6 Å². The quantitative estimate of drug-likeness (QED) is 0.356. The highest BCUT2D eigenvalue weighted by Gasteiger charge is 2.55. The van der Waals surface area contributed by atoms with Crippen molar-refractivity contribution in [2.45, 2.75) is 50.7 Å². The number of nitrogens with one attached hydrogen (secondary N) is 2. The van der Waals surface area contributed by atoms with Gasteiger partial charge in [-0.2, -0.15) is 0 Å². The molecule has 2 aliphatic heterocycles. The predicted molar refractivity (Wildman–Crippen MR) is 140 cm³/mol. The third-order valence-electron chi connectivity index (χ3n) is 7.41. The van der Waals surface area contributed by atoms with Crippen molar-refractivity contribution in [1.82, 2.24) is 15.8 Å². The Bertz CT molecular complexity index is 1150. The van der Waals surface area contributed by atoms with Crippen LogP contribution in [0.4, 0.5) is 0 Å². The third kappa shape index (κ3) is 4.97. The number of carbonyl (C=O) groups excluding carboxylic acids is 1. The molecule has 0 saturated carbocycles. The van der Waals surface area contributed by atoms with Crippen molar-refractivity contribution in [2.24, 2.45) is 5.92 Å². The molecule has 5 rings (SSSR count). The Kier molecular flexibility index (Phi) is 7.54. The molecule has 4 atom stereocenters. The molecule has 0 spiro atoms. The molecule has 36 heavy (non-hydrogen) atoms. The number of nitrogens with zero attached hydrogens (tertiary/aromatic N) is 1. The van der Waals surface area contributed by atoms with E-state index in [0.717, 1.165) is 36.1 Å². The minimum Gasteiger partial charge on any atom is -0.508 e. The predicted octanol–water partition coefficient (Wildman–Crippen LogP) is 4.92. The van der Waals surface area contributed by atoms with Crippen LogP contribution in [0, 0.1) is 5.92 Å². The van der Waals surface area contributed by atoms with E-state index < -0.39 is 0 Å². The van der Waals surface area contributed by atoms with Gasteiger partial charge in [0.2, 0.25) is 5.91 Å². The van der Waals surface area contributed by atoms with Crippen LogP contribution in [0.15, 0.2) is 78.9 Å². The maximum absolute atomic E-state index is 13.7. The summed E-state index contributed by atoms with van der Waals surface area (Å²) < 4.78 is 5.93. The Balaban J connectivity index is 1.43. The summed E-state index contributed by atoms with van der Waals surface area (Å²) in [5, 5.41) is 10.6. The van der Waals surface area contributed by atoms with Crippen LogP contribution in [-0.4, -0.2) is 35.1 Å². The lowest BCUT2D eigenvalue weighted by atomic mass is 9.83. The van der Waals surface area contributed by atoms with E-state index in [0.29, 0.717) is 13.2 Å². The Labute approximate surface area is 213 Å². The Morgan fingerprint density at radius 2 is 1.61 bits per heavy atom. The maximum Gasteiger partial charge on any atom is 0.242 e. The molecule has 2 fully saturated rings. The number of carbonyl (C=O) groups is 1. The number of unbranched alkanes of at least 4 members (excludes halogenated alkanes) is 2. The second kappa shape index (κ2) is 11.1. The van der Waals surface area contributed by atoms with E-state index in [-0.39, 0.29) is 35.7 Å². The molecule has 0 bridgehead atoms. The molecule has 4 unspecified atom stereocenters. The highest BCUT2D eigenvalue weighted by atomic mass is 16.5. The first-order valence-electron chi connectivity index (χ1n) is 13.0. The third-order valence-corrected chi connectivity index (χ3v) is 7.41. The van der Waals surface area contributed by atoms with Crippen LogP contribution in [0.2, 0.25) is 0 Å². The number of aromatic hydroxyl groups is 1. The molecule has 0 aliphatic carbocycles. The highest BCUT2D eigenvalue weighted by Crippen LogP contribution is 2.48. The Morgan fingerprint density at radius 1 is 0.889 bits per heavy atom. The molecule has 2 aliphatic rings. The van der Waals surface area contributed by atoms with Crippen LogP contribution in [0.5, 0.6) is 11.5 Å². The van der Waals surface area contributed by atoms with Gasteiger partial charge in [0, 0.05) is 18.0 Å². The van der Waals surface area contributed by atoms with Crippen LogP contribution in [0.3, 0.4) is 0 Å². The number of likely N-dealkylation sites (tertiary alicyclic amines) is 1. The molecular weight excluding hydrogens is 450 g/mol. The van der Waals surface area contributed by atoms with E-state index in [1.165, 1.54) is 12.0 Å². The van der Waals surface area contributed by atoms with Crippen molar-refractivity contribution in [2.75, 3.05) is 13.2 Å². The van der Waals surface area contributed by atoms with Gasteiger partial charge in [0.25, 0.3) is 0 Å². The van der Waals surface area contributed by atoms with Crippen molar-refractivity contribution in [3.8, 4) is 11.5 Å². The van der Waals surface area contributed by atoms with E-state index >= 15 is 0 Å². The minimum atomic E-state index is -0.361. The number of fused-ring (bicyclic) bond motifs is 1. The van der Waals surface area contributed by atoms with Crippen LogP contribution in [0.1, 0.15) is 55.0 Å². The van der Waals surface area contributed by atoms with Crippen LogP contribution in [0.25, 0.3) is 0 Å². The lowest BCUT2D eigenvalue weighted by Crippen LogP contribution is -2.42. The van der Waals surface area contributed by atoms with Gasteiger partial charge in [0.05, 0.1) is 18.7 Å². The van der Waals surface area contributed by atoms with Gasteiger partial charge >= 0.3 is 0 Å². The summed E-state index contributed by atoms with van der Waals surface area (Å²) >= 11 is 0. The molecule has 2 saturated heterocycles. The van der Waals surface area contributed by atoms with Gasteiger partial charge in [-0.05, 0) is 42.2 Å². The fourth-order valence-electron chi connectivity index (χ4n) is 5.56. The standard InChI is InChI=1S/C30H35N3O3/c1-2-3-9-20-36-23-16-14-22(15-17-23)29-26-27(24-12-7-8-13-25(24)34)31-32-28(26)30(35)33(29)19-18-21-10-5-4-6-11-21/h4-8,10-17,26-29,31-32,34H,2-3,9,18-20H2,1H3. The number of amides is 1. The molecular formula is C30H35N3O3. The van der Waals surface area contributed by atoms with Gasteiger partial charge < -0.3 is 14.7 Å². The zero-order valence-corrected chi connectivity index (χ0v) is 20.8. The number of benzene rings is 3. The lowest BCUT2D eigenvalue weighted by molar-refractivity contribution is -0.130. The maximum atomic E-state index is 13.7. The smallest absolute Gasteiger partial charge is 0.242 e. The summed E-state index contributed by atoms with van der Waals surface area (Å²) in [7, 11) is 0. The van der Waals surface area contributed by atoms with Crippen LogP contribution in [-0.2, 0) is 11.2 Å². The zero-order valence-electron chi connectivity index (χ0n) is 20.8. The zero-order chi connectivity index (χ0) is 24.9. The summed E-state index contributed by atoms with van der Waals surface area (Å²) in [6.07, 6.45) is 4.16. The average molecular weight is 486 g/mol. The van der Waals surface area contributed by atoms with Gasteiger partial charge in [-0.1, -0.05) is 80.4 Å². The second-order valence-electron chi connectivity index (χ2n) is 9.72. The number of hydrogen-bond acceptors (Lipinski definition) is 5. The van der Waals surface area contributed by atoms with E-state index in [1.807, 2.05) is 53.4 Å². The lowest BCUT2D eigenvalue weighted by Gasteiger charge is -2.31. The summed E-state index contributed by atoms with van der Waals surface area (Å²) in [4.78, 5) is 15.7. The number of para-hydroxylation sites is 1. The van der Waals surface area contributed by atoms with E-state index in [1.54, 1.807) is 6.07 Å². The molecule has 0 radical (unpaired) electrons. The largest absolute Gasteiger partial charge is 0.508 e. The number of phenolic OH excluding ortho intramolecular Hbond substituents is 1. The van der Waals surface area contributed by atoms with Crippen molar-refractivity contribution in [3.05, 3.63) is 95.6 Å². The molecule has 6 nitrogen and oxygen atoms in total. The summed E-state index contributed by atoms with van der Waals surface area (Å²) in [6, 6.07) is 25.2. The monoisotopic (exact) mass is 485 g/mol. The molecule has 3 aromatic carbocycles. The molecule has 1 amide bonds. The van der Waals surface area contributed by atoms with Gasteiger partial charge in [0.15, 0.2) is 0 Å². The van der Waals surface area contributed by atoms with Gasteiger partial charge in [-0.25, -0.2) is 10.9 Å². The molecule has 6 heteroatoms. The Morgan fingerprint density at radius 3 is 2.36 bits per heavy atom. The van der Waals surface area contributed by atoms with Crippen molar-refractivity contribution in [3.63, 3.8) is 0 Å². The summed E-state index contributed by atoms with van der Waals surface area (Å²) in [5.74, 6) is 1.11. The summed E-state index contributed by atoms with van der Waals surface area (Å²) in [6.45, 7) is 3.53. The highest BCUT2D eigenvalue weighted by molar-refractivity contribution is 5.86. The van der Waals surface area contributed by atoms with Crippen molar-refractivity contribution >= 4 is 5.91 Å². The average Bonchev–Trinajstić information content (AvgIpc) is 3.45. The molecule has 3 aromatic rings. The number of rotatable bonds is 10. The molecule has 3 N–H and O–H groups in total. The first-order chi connectivity index (χ1) is 17.7. The fourth-order valence-corrected chi connectivity index (χ4v) is 5.56. The van der Waals surface area contributed by atoms with E-state index in [4.69, 9.17) is 4.74 Å². The van der Waals surface area contributed by atoms with E-state index in [2.05, 4.69) is 42.0 Å².